The van der Waals surface area contributed by atoms with E-state index < -0.39 is 6.03 Å². The molecule has 2 rings (SSSR count). The van der Waals surface area contributed by atoms with Crippen molar-refractivity contribution in [1.29, 1.82) is 0 Å². The second-order valence-corrected chi connectivity index (χ2v) is 5.73. The third kappa shape index (κ3) is 4.14. The molecule has 7 nitrogen and oxygen atoms in total. The molecule has 4 N–H and O–H groups in total. The molecule has 2 aromatic rings. The molecular weight excluding hydrogens is 314 g/mol. The van der Waals surface area contributed by atoms with Crippen molar-refractivity contribution >= 4 is 40.6 Å². The summed E-state index contributed by atoms with van der Waals surface area (Å²) in [5.74, 6) is -0.341. The molecule has 0 fully saturated rings. The number of halogens is 1. The molecule has 1 unspecified atom stereocenters. The minimum Gasteiger partial charge on any atom is -0.351 e. The number of carbonyl (C=O) groups excluding carboxylic acids is 2. The molecule has 1 heterocycles. The van der Waals surface area contributed by atoms with Crippen molar-refractivity contribution in [3.63, 3.8) is 0 Å². The summed E-state index contributed by atoms with van der Waals surface area (Å²) in [6.45, 7) is 1.83. The van der Waals surface area contributed by atoms with Gasteiger partial charge < -0.3 is 16.4 Å². The molecule has 0 spiro atoms. The van der Waals surface area contributed by atoms with Crippen LogP contribution in [-0.2, 0) is 0 Å². The summed E-state index contributed by atoms with van der Waals surface area (Å²) in [5, 5.41) is 12.7. The number of urea groups is 1. The molecule has 0 aliphatic carbocycles. The Kier molecular flexibility index (Phi) is 4.71. The van der Waals surface area contributed by atoms with Crippen LogP contribution in [-0.4, -0.2) is 22.1 Å². The largest absolute Gasteiger partial charge is 0.351 e. The highest BCUT2D eigenvalue weighted by Crippen LogP contribution is 2.18. The number of hydrogen-bond donors (Lipinski definition) is 3. The van der Waals surface area contributed by atoms with Gasteiger partial charge in [0, 0.05) is 5.69 Å². The molecule has 21 heavy (non-hydrogen) atoms. The first-order valence-corrected chi connectivity index (χ1v) is 7.11. The quantitative estimate of drug-likeness (QED) is 0.800. The fourth-order valence-corrected chi connectivity index (χ4v) is 2.37. The Bertz CT molecular complexity index is 658. The summed E-state index contributed by atoms with van der Waals surface area (Å²) < 4.78 is 0.217. The monoisotopic (exact) mass is 325 g/mol. The molecule has 1 aromatic heterocycles. The van der Waals surface area contributed by atoms with E-state index in [4.69, 9.17) is 17.3 Å². The van der Waals surface area contributed by atoms with E-state index in [2.05, 4.69) is 20.8 Å². The maximum Gasteiger partial charge on any atom is 0.316 e. The molecule has 0 bridgehead atoms. The number of aromatic nitrogens is 2. The maximum absolute atomic E-state index is 11.9. The number of primary amides is 1. The Labute approximate surface area is 129 Å². The van der Waals surface area contributed by atoms with Gasteiger partial charge in [-0.25, -0.2) is 4.79 Å². The van der Waals surface area contributed by atoms with Gasteiger partial charge in [0.25, 0.3) is 5.91 Å². The van der Waals surface area contributed by atoms with Gasteiger partial charge in [-0.2, -0.15) is 0 Å². The van der Waals surface area contributed by atoms with E-state index in [-0.39, 0.29) is 21.4 Å². The van der Waals surface area contributed by atoms with E-state index in [0.29, 0.717) is 5.69 Å². The Balaban J connectivity index is 2.01. The van der Waals surface area contributed by atoms with Crippen molar-refractivity contribution in [2.24, 2.45) is 5.73 Å². The zero-order valence-electron chi connectivity index (χ0n) is 11.0. The number of carbonyl (C=O) groups is 2. The molecule has 3 amide bonds. The lowest BCUT2D eigenvalue weighted by Crippen LogP contribution is -2.26. The van der Waals surface area contributed by atoms with Crippen molar-refractivity contribution in [3.05, 3.63) is 39.3 Å². The summed E-state index contributed by atoms with van der Waals surface area (Å²) >= 11 is 6.65. The zero-order valence-corrected chi connectivity index (χ0v) is 12.5. The number of amides is 3. The van der Waals surface area contributed by atoms with Gasteiger partial charge in [-0.1, -0.05) is 23.5 Å². The van der Waals surface area contributed by atoms with Gasteiger partial charge in [0.15, 0.2) is 0 Å². The normalized spacial score (nSPS) is 11.7. The smallest absolute Gasteiger partial charge is 0.316 e. The minimum absolute atomic E-state index is 0.207. The molecule has 1 atom stereocenters. The van der Waals surface area contributed by atoms with E-state index in [1.165, 1.54) is 0 Å². The van der Waals surface area contributed by atoms with E-state index in [1.807, 2.05) is 6.92 Å². The van der Waals surface area contributed by atoms with Crippen LogP contribution in [0.25, 0.3) is 0 Å². The van der Waals surface area contributed by atoms with E-state index >= 15 is 0 Å². The predicted molar refractivity (Wildman–Crippen MR) is 80.4 cm³/mol. The molecule has 9 heteroatoms. The highest BCUT2D eigenvalue weighted by molar-refractivity contribution is 7.17. The molecular formula is C12H12ClN5O2S. The molecule has 110 valence electrons. The highest BCUT2D eigenvalue weighted by Gasteiger charge is 2.15. The van der Waals surface area contributed by atoms with Crippen molar-refractivity contribution in [2.75, 3.05) is 5.32 Å². The zero-order chi connectivity index (χ0) is 15.4. The van der Waals surface area contributed by atoms with E-state index in [9.17, 15) is 9.59 Å². The van der Waals surface area contributed by atoms with Gasteiger partial charge in [0.05, 0.1) is 6.04 Å². The number of rotatable bonds is 4. The standard InChI is InChI=1S/C12H12ClN5O2S/c1-6(15-9(19)10-17-18-11(13)21-10)7-2-4-8(5-3-7)16-12(14)20/h2-6H,1H3,(H,15,19)(H3,14,16,20). The van der Waals surface area contributed by atoms with Crippen molar-refractivity contribution in [1.82, 2.24) is 15.5 Å². The van der Waals surface area contributed by atoms with Crippen LogP contribution in [0, 0.1) is 0 Å². The Morgan fingerprint density at radius 1 is 1.29 bits per heavy atom. The van der Waals surface area contributed by atoms with Gasteiger partial charge >= 0.3 is 6.03 Å². The first-order valence-electron chi connectivity index (χ1n) is 5.92. The first kappa shape index (κ1) is 15.2. The Hall–Kier alpha value is -2.19. The number of nitrogens with zero attached hydrogens (tertiary/aromatic N) is 2. The summed E-state index contributed by atoms with van der Waals surface area (Å²) in [4.78, 5) is 22.6. The van der Waals surface area contributed by atoms with Crippen LogP contribution in [0.2, 0.25) is 4.47 Å². The number of benzene rings is 1. The molecule has 0 saturated heterocycles. The lowest BCUT2D eigenvalue weighted by Gasteiger charge is -2.13. The third-order valence-electron chi connectivity index (χ3n) is 2.62. The second kappa shape index (κ2) is 6.51. The number of anilines is 1. The van der Waals surface area contributed by atoms with Gasteiger partial charge in [-0.05, 0) is 36.2 Å². The van der Waals surface area contributed by atoms with Crippen LogP contribution in [0.3, 0.4) is 0 Å². The van der Waals surface area contributed by atoms with Crippen LogP contribution in [0.1, 0.15) is 28.3 Å². The number of hydrogen-bond acceptors (Lipinski definition) is 5. The van der Waals surface area contributed by atoms with Gasteiger partial charge in [-0.15, -0.1) is 10.2 Å². The molecule has 0 saturated carbocycles. The van der Waals surface area contributed by atoms with Gasteiger partial charge in [0.2, 0.25) is 9.47 Å². The van der Waals surface area contributed by atoms with Crippen molar-refractivity contribution in [2.45, 2.75) is 13.0 Å². The Morgan fingerprint density at radius 3 is 2.48 bits per heavy atom. The third-order valence-corrected chi connectivity index (χ3v) is 3.64. The lowest BCUT2D eigenvalue weighted by atomic mass is 10.1. The number of nitrogens with two attached hydrogens (primary N) is 1. The molecule has 0 aliphatic rings. The van der Waals surface area contributed by atoms with Crippen LogP contribution < -0.4 is 16.4 Å². The minimum atomic E-state index is -0.628. The summed E-state index contributed by atoms with van der Waals surface area (Å²) in [6, 6.07) is 6.10. The highest BCUT2D eigenvalue weighted by atomic mass is 35.5. The summed E-state index contributed by atoms with van der Waals surface area (Å²) in [6.07, 6.45) is 0. The Morgan fingerprint density at radius 2 is 1.95 bits per heavy atom. The fourth-order valence-electron chi connectivity index (χ4n) is 1.64. The van der Waals surface area contributed by atoms with Gasteiger partial charge in [0.1, 0.15) is 0 Å². The molecule has 0 aliphatic heterocycles. The molecule has 0 radical (unpaired) electrons. The maximum atomic E-state index is 11.9. The first-order chi connectivity index (χ1) is 9.95. The van der Waals surface area contributed by atoms with Crippen molar-refractivity contribution in [3.8, 4) is 0 Å². The van der Waals surface area contributed by atoms with Crippen molar-refractivity contribution < 1.29 is 9.59 Å². The fraction of sp³-hybridized carbons (Fsp3) is 0.167. The number of nitrogens with one attached hydrogen (secondary N) is 2. The van der Waals surface area contributed by atoms with Crippen LogP contribution >= 0.6 is 22.9 Å². The van der Waals surface area contributed by atoms with E-state index in [0.717, 1.165) is 16.9 Å². The summed E-state index contributed by atoms with van der Waals surface area (Å²) in [5.41, 5.74) is 6.48. The predicted octanol–water partition coefficient (Wildman–Crippen LogP) is 2.17. The summed E-state index contributed by atoms with van der Waals surface area (Å²) in [7, 11) is 0. The van der Waals surface area contributed by atoms with Crippen LogP contribution in [0.4, 0.5) is 10.5 Å². The second-order valence-electron chi connectivity index (χ2n) is 4.17. The molecule has 1 aromatic carbocycles. The average Bonchev–Trinajstić information content (AvgIpc) is 2.85. The van der Waals surface area contributed by atoms with Gasteiger partial charge in [-0.3, -0.25) is 4.79 Å². The SMILES string of the molecule is CC(NC(=O)c1nnc(Cl)s1)c1ccc(NC(N)=O)cc1. The average molecular weight is 326 g/mol. The lowest BCUT2D eigenvalue weighted by molar-refractivity contribution is 0.0938. The topological polar surface area (TPSA) is 110 Å². The van der Waals surface area contributed by atoms with Crippen LogP contribution in [0.5, 0.6) is 0 Å². The van der Waals surface area contributed by atoms with Crippen LogP contribution in [0.15, 0.2) is 24.3 Å². The van der Waals surface area contributed by atoms with E-state index in [1.54, 1.807) is 24.3 Å².